The molecule has 0 atom stereocenters. The van der Waals surface area contributed by atoms with Crippen LogP contribution in [0.15, 0.2) is 46.8 Å². The van der Waals surface area contributed by atoms with Crippen molar-refractivity contribution in [2.75, 3.05) is 11.1 Å². The number of nitrogens with one attached hydrogen (secondary N) is 1. The summed E-state index contributed by atoms with van der Waals surface area (Å²) in [6, 6.07) is 12.4. The number of hydrogen-bond acceptors (Lipinski definition) is 6. The first-order valence-corrected chi connectivity index (χ1v) is 8.87. The van der Waals surface area contributed by atoms with Crippen molar-refractivity contribution in [1.82, 2.24) is 4.98 Å². The van der Waals surface area contributed by atoms with Gasteiger partial charge in [0.25, 0.3) is 5.69 Å². The molecule has 3 aromatic rings. The first-order chi connectivity index (χ1) is 11.5. The number of aromatic nitrogens is 1. The Hall–Kier alpha value is -2.45. The minimum Gasteiger partial charge on any atom is -0.325 e. The van der Waals surface area contributed by atoms with Gasteiger partial charge in [0, 0.05) is 6.07 Å². The van der Waals surface area contributed by atoms with Gasteiger partial charge in [-0.25, -0.2) is 4.98 Å². The average Bonchev–Trinajstić information content (AvgIpc) is 2.97. The van der Waals surface area contributed by atoms with E-state index in [1.807, 2.05) is 24.3 Å². The van der Waals surface area contributed by atoms with E-state index >= 15 is 0 Å². The first-order valence-electron chi connectivity index (χ1n) is 7.07. The van der Waals surface area contributed by atoms with Gasteiger partial charge in [-0.3, -0.25) is 14.9 Å². The summed E-state index contributed by atoms with van der Waals surface area (Å²) in [5.41, 5.74) is 1.81. The zero-order valence-corrected chi connectivity index (χ0v) is 14.3. The van der Waals surface area contributed by atoms with Crippen molar-refractivity contribution < 1.29 is 9.72 Å². The number of anilines is 1. The van der Waals surface area contributed by atoms with Crippen LogP contribution in [0.1, 0.15) is 5.56 Å². The van der Waals surface area contributed by atoms with Crippen LogP contribution in [0.5, 0.6) is 0 Å². The Morgan fingerprint density at radius 2 is 2.08 bits per heavy atom. The lowest BCUT2D eigenvalue weighted by molar-refractivity contribution is -0.385. The van der Waals surface area contributed by atoms with Crippen molar-refractivity contribution in [2.45, 2.75) is 11.3 Å². The second kappa shape index (κ2) is 6.98. The van der Waals surface area contributed by atoms with Gasteiger partial charge in [-0.1, -0.05) is 30.0 Å². The smallest absolute Gasteiger partial charge is 0.274 e. The van der Waals surface area contributed by atoms with E-state index in [2.05, 4.69) is 10.3 Å². The standard InChI is InChI=1S/C16H13N3O3S2/c1-10-11(6-4-7-13(10)19(21)22)17-15(20)9-23-16-18-12-5-2-3-8-14(12)24-16/h2-8H,9H2,1H3,(H,17,20). The van der Waals surface area contributed by atoms with E-state index in [1.165, 1.54) is 29.2 Å². The summed E-state index contributed by atoms with van der Waals surface area (Å²) in [4.78, 5) is 27.0. The monoisotopic (exact) mass is 359 g/mol. The van der Waals surface area contributed by atoms with Gasteiger partial charge in [0.15, 0.2) is 4.34 Å². The highest BCUT2D eigenvalue weighted by atomic mass is 32.2. The van der Waals surface area contributed by atoms with Crippen LogP contribution < -0.4 is 5.32 Å². The van der Waals surface area contributed by atoms with Crippen molar-refractivity contribution in [3.63, 3.8) is 0 Å². The van der Waals surface area contributed by atoms with Crippen molar-refractivity contribution in [3.05, 3.63) is 58.1 Å². The fraction of sp³-hybridized carbons (Fsp3) is 0.125. The van der Waals surface area contributed by atoms with Crippen LogP contribution in [0, 0.1) is 17.0 Å². The average molecular weight is 359 g/mol. The topological polar surface area (TPSA) is 85.1 Å². The van der Waals surface area contributed by atoms with E-state index in [0.717, 1.165) is 14.6 Å². The van der Waals surface area contributed by atoms with Crippen molar-refractivity contribution >= 4 is 50.6 Å². The lowest BCUT2D eigenvalue weighted by Crippen LogP contribution is -2.15. The number of carbonyl (C=O) groups excluding carboxylic acids is 1. The molecule has 0 bridgehead atoms. The van der Waals surface area contributed by atoms with Gasteiger partial charge in [-0.05, 0) is 25.1 Å². The number of thioether (sulfide) groups is 1. The number of carbonyl (C=O) groups is 1. The van der Waals surface area contributed by atoms with Crippen LogP contribution in [-0.4, -0.2) is 21.6 Å². The second-order valence-corrected chi connectivity index (χ2v) is 7.24. The highest BCUT2D eigenvalue weighted by molar-refractivity contribution is 8.01. The van der Waals surface area contributed by atoms with Gasteiger partial charge in [-0.2, -0.15) is 0 Å². The number of para-hydroxylation sites is 1. The van der Waals surface area contributed by atoms with E-state index in [-0.39, 0.29) is 17.3 Å². The molecule has 0 spiro atoms. The summed E-state index contributed by atoms with van der Waals surface area (Å²) >= 11 is 2.89. The highest BCUT2D eigenvalue weighted by Crippen LogP contribution is 2.30. The fourth-order valence-corrected chi connectivity index (χ4v) is 4.05. The molecule has 1 heterocycles. The number of rotatable bonds is 5. The Kier molecular flexibility index (Phi) is 4.77. The number of benzene rings is 2. The third-order valence-electron chi connectivity index (χ3n) is 3.38. The molecule has 1 amide bonds. The number of amides is 1. The largest absolute Gasteiger partial charge is 0.325 e. The molecule has 122 valence electrons. The molecule has 8 heteroatoms. The molecule has 2 aromatic carbocycles. The zero-order valence-electron chi connectivity index (χ0n) is 12.7. The summed E-state index contributed by atoms with van der Waals surface area (Å²) < 4.78 is 1.90. The normalized spacial score (nSPS) is 10.7. The third-order valence-corrected chi connectivity index (χ3v) is 5.56. The number of nitro groups is 1. The minimum absolute atomic E-state index is 0.00775. The fourth-order valence-electron chi connectivity index (χ4n) is 2.18. The lowest BCUT2D eigenvalue weighted by atomic mass is 10.1. The molecule has 0 unspecified atom stereocenters. The van der Waals surface area contributed by atoms with Gasteiger partial charge >= 0.3 is 0 Å². The molecule has 0 fully saturated rings. The van der Waals surface area contributed by atoms with Crippen molar-refractivity contribution in [3.8, 4) is 0 Å². The van der Waals surface area contributed by atoms with Gasteiger partial charge in [0.2, 0.25) is 5.91 Å². The second-order valence-electron chi connectivity index (χ2n) is 4.99. The Balaban J connectivity index is 1.65. The van der Waals surface area contributed by atoms with Crippen LogP contribution in [0.25, 0.3) is 10.2 Å². The maximum Gasteiger partial charge on any atom is 0.274 e. The summed E-state index contributed by atoms with van der Waals surface area (Å²) in [6.07, 6.45) is 0. The van der Waals surface area contributed by atoms with Crippen LogP contribution in [0.3, 0.4) is 0 Å². The third kappa shape index (κ3) is 3.55. The van der Waals surface area contributed by atoms with Gasteiger partial charge in [0.1, 0.15) is 0 Å². The van der Waals surface area contributed by atoms with Crippen LogP contribution >= 0.6 is 23.1 Å². The summed E-state index contributed by atoms with van der Waals surface area (Å²) in [7, 11) is 0. The SMILES string of the molecule is Cc1c(NC(=O)CSc2nc3ccccc3s2)cccc1[N+](=O)[O-]. The molecule has 6 nitrogen and oxygen atoms in total. The predicted octanol–water partition coefficient (Wildman–Crippen LogP) is 4.24. The summed E-state index contributed by atoms with van der Waals surface area (Å²) in [6.45, 7) is 1.62. The maximum atomic E-state index is 12.1. The molecule has 1 aromatic heterocycles. The maximum absolute atomic E-state index is 12.1. The number of hydrogen-bond donors (Lipinski definition) is 1. The number of nitro benzene ring substituents is 1. The van der Waals surface area contributed by atoms with Crippen molar-refractivity contribution in [2.24, 2.45) is 0 Å². The van der Waals surface area contributed by atoms with Gasteiger partial charge in [-0.15, -0.1) is 11.3 Å². The molecule has 0 radical (unpaired) electrons. The molecule has 0 aliphatic heterocycles. The minimum atomic E-state index is -0.457. The summed E-state index contributed by atoms with van der Waals surface area (Å²) in [5.74, 6) is -0.0232. The highest BCUT2D eigenvalue weighted by Gasteiger charge is 2.15. The van der Waals surface area contributed by atoms with Gasteiger partial charge < -0.3 is 5.32 Å². The first kappa shape index (κ1) is 16.4. The van der Waals surface area contributed by atoms with Crippen LogP contribution in [0.4, 0.5) is 11.4 Å². The molecule has 0 aliphatic rings. The predicted molar refractivity (Wildman–Crippen MR) is 96.8 cm³/mol. The Morgan fingerprint density at radius 1 is 1.29 bits per heavy atom. The molecule has 1 N–H and O–H groups in total. The van der Waals surface area contributed by atoms with Crippen LogP contribution in [0.2, 0.25) is 0 Å². The van der Waals surface area contributed by atoms with E-state index in [4.69, 9.17) is 0 Å². The lowest BCUT2D eigenvalue weighted by Gasteiger charge is -2.07. The Morgan fingerprint density at radius 3 is 2.83 bits per heavy atom. The Bertz CT molecular complexity index is 891. The number of nitrogens with zero attached hydrogens (tertiary/aromatic N) is 2. The van der Waals surface area contributed by atoms with E-state index in [9.17, 15) is 14.9 Å². The quantitative estimate of drug-likeness (QED) is 0.418. The van der Waals surface area contributed by atoms with Gasteiger partial charge in [0.05, 0.1) is 32.1 Å². The number of fused-ring (bicyclic) bond motifs is 1. The molecule has 0 saturated heterocycles. The molecule has 0 aliphatic carbocycles. The summed E-state index contributed by atoms with van der Waals surface area (Å²) in [5, 5.41) is 13.7. The molecular weight excluding hydrogens is 346 g/mol. The number of thiazole rings is 1. The van der Waals surface area contributed by atoms with E-state index in [1.54, 1.807) is 19.1 Å². The van der Waals surface area contributed by atoms with Crippen LogP contribution in [-0.2, 0) is 4.79 Å². The molecule has 3 rings (SSSR count). The molecular formula is C16H13N3O3S2. The molecule has 0 saturated carbocycles. The Labute approximate surface area is 146 Å². The van der Waals surface area contributed by atoms with Crippen molar-refractivity contribution in [1.29, 1.82) is 0 Å². The van der Waals surface area contributed by atoms with E-state index in [0.29, 0.717) is 11.3 Å². The molecule has 24 heavy (non-hydrogen) atoms. The zero-order chi connectivity index (χ0) is 17.1. The van der Waals surface area contributed by atoms with E-state index < -0.39 is 4.92 Å².